The molecule has 0 aliphatic rings. The molecule has 3 nitrogen and oxygen atoms in total. The Morgan fingerprint density at radius 1 is 1.15 bits per heavy atom. The normalized spacial score (nSPS) is 11.8. The molecule has 0 unspecified atom stereocenters. The van der Waals surface area contributed by atoms with Gasteiger partial charge < -0.3 is 10.5 Å². The van der Waals surface area contributed by atoms with E-state index in [9.17, 15) is 4.79 Å². The summed E-state index contributed by atoms with van der Waals surface area (Å²) in [7, 11) is 0. The molecule has 0 saturated heterocycles. The smallest absolute Gasteiger partial charge is 0.235 e. The topological polar surface area (TPSA) is 52.3 Å². The molecule has 0 bridgehead atoms. The molecule has 2 aromatic carbocycles. The van der Waals surface area contributed by atoms with Crippen molar-refractivity contribution in [3.05, 3.63) is 60.2 Å². The molecular weight excluding hydrogens is 270 g/mol. The second kappa shape index (κ2) is 7.01. The average Bonchev–Trinajstić information content (AvgIpc) is 2.47. The predicted octanol–water partition coefficient (Wildman–Crippen LogP) is 3.40. The first-order valence-corrected chi connectivity index (χ1v) is 7.32. The van der Waals surface area contributed by atoms with Gasteiger partial charge in [0.1, 0.15) is 11.0 Å². The molecule has 1 amide bonds. The molecule has 4 heteroatoms. The summed E-state index contributed by atoms with van der Waals surface area (Å²) in [5.41, 5.74) is 6.43. The lowest BCUT2D eigenvalue weighted by Crippen LogP contribution is -2.18. The Labute approximate surface area is 123 Å². The highest BCUT2D eigenvalue weighted by molar-refractivity contribution is 8.00. The van der Waals surface area contributed by atoms with E-state index in [1.165, 1.54) is 11.8 Å². The zero-order chi connectivity index (χ0) is 14.4. The molecule has 2 N–H and O–H groups in total. The quantitative estimate of drug-likeness (QED) is 0.828. The maximum atomic E-state index is 11.7. The summed E-state index contributed by atoms with van der Waals surface area (Å²) in [5, 5.41) is -0.380. The number of hydrogen-bond donors (Lipinski definition) is 1. The number of primary amides is 1. The van der Waals surface area contributed by atoms with Crippen molar-refractivity contribution in [2.75, 3.05) is 6.61 Å². The Morgan fingerprint density at radius 3 is 2.35 bits per heavy atom. The van der Waals surface area contributed by atoms with E-state index in [2.05, 4.69) is 0 Å². The fourth-order valence-electron chi connectivity index (χ4n) is 1.84. The van der Waals surface area contributed by atoms with Gasteiger partial charge in [0, 0.05) is 4.90 Å². The highest BCUT2D eigenvalue weighted by Gasteiger charge is 2.18. The number of hydrogen-bond acceptors (Lipinski definition) is 3. The minimum absolute atomic E-state index is 0.338. The molecule has 0 heterocycles. The third-order valence-corrected chi connectivity index (χ3v) is 4.03. The lowest BCUT2D eigenvalue weighted by molar-refractivity contribution is -0.117. The molecule has 104 valence electrons. The molecule has 0 aliphatic heterocycles. The monoisotopic (exact) mass is 287 g/mol. The summed E-state index contributed by atoms with van der Waals surface area (Å²) in [6.07, 6.45) is 0. The zero-order valence-electron chi connectivity index (χ0n) is 11.3. The van der Waals surface area contributed by atoms with Gasteiger partial charge in [-0.3, -0.25) is 4.79 Å². The van der Waals surface area contributed by atoms with Crippen LogP contribution in [0.2, 0.25) is 0 Å². The molecule has 1 atom stereocenters. The van der Waals surface area contributed by atoms with Crippen molar-refractivity contribution in [2.45, 2.75) is 17.1 Å². The molecule has 0 fully saturated rings. The van der Waals surface area contributed by atoms with Gasteiger partial charge in [-0.25, -0.2) is 0 Å². The van der Waals surface area contributed by atoms with Gasteiger partial charge in [0.15, 0.2) is 0 Å². The molecule has 0 radical (unpaired) electrons. The fraction of sp³-hybridized carbons (Fsp3) is 0.188. The summed E-state index contributed by atoms with van der Waals surface area (Å²) >= 11 is 1.45. The van der Waals surface area contributed by atoms with Crippen LogP contribution >= 0.6 is 11.8 Å². The van der Waals surface area contributed by atoms with E-state index < -0.39 is 0 Å². The first-order chi connectivity index (χ1) is 9.70. The second-order valence-corrected chi connectivity index (χ2v) is 5.39. The maximum absolute atomic E-state index is 11.7. The van der Waals surface area contributed by atoms with Crippen LogP contribution in [0.4, 0.5) is 0 Å². The van der Waals surface area contributed by atoms with Crippen molar-refractivity contribution in [2.24, 2.45) is 5.73 Å². The van der Waals surface area contributed by atoms with Crippen LogP contribution in [-0.4, -0.2) is 12.5 Å². The van der Waals surface area contributed by atoms with Crippen molar-refractivity contribution in [3.8, 4) is 5.75 Å². The van der Waals surface area contributed by atoms with Gasteiger partial charge in [0.25, 0.3) is 0 Å². The Balaban J connectivity index is 2.14. The van der Waals surface area contributed by atoms with Gasteiger partial charge in [0.2, 0.25) is 5.91 Å². The van der Waals surface area contributed by atoms with Crippen LogP contribution in [0.15, 0.2) is 59.5 Å². The third-order valence-electron chi connectivity index (χ3n) is 2.75. The van der Waals surface area contributed by atoms with Crippen LogP contribution < -0.4 is 10.5 Å². The van der Waals surface area contributed by atoms with Crippen LogP contribution in [0, 0.1) is 0 Å². The Bertz CT molecular complexity index is 554. The minimum atomic E-state index is -0.380. The summed E-state index contributed by atoms with van der Waals surface area (Å²) in [4.78, 5) is 12.6. The van der Waals surface area contributed by atoms with Crippen LogP contribution in [0.5, 0.6) is 5.75 Å². The average molecular weight is 287 g/mol. The summed E-state index contributed by atoms with van der Waals surface area (Å²) in [6.45, 7) is 2.58. The van der Waals surface area contributed by atoms with E-state index in [0.717, 1.165) is 16.2 Å². The number of rotatable bonds is 6. The van der Waals surface area contributed by atoms with Crippen LogP contribution in [0.25, 0.3) is 0 Å². The van der Waals surface area contributed by atoms with Gasteiger partial charge >= 0.3 is 0 Å². The van der Waals surface area contributed by atoms with Crippen molar-refractivity contribution in [1.82, 2.24) is 0 Å². The summed E-state index contributed by atoms with van der Waals surface area (Å²) in [6, 6.07) is 17.2. The molecule has 2 aromatic rings. The molecule has 2 rings (SSSR count). The fourth-order valence-corrected chi connectivity index (χ4v) is 2.81. The van der Waals surface area contributed by atoms with Crippen molar-refractivity contribution < 1.29 is 9.53 Å². The summed E-state index contributed by atoms with van der Waals surface area (Å²) in [5.74, 6) is 0.488. The molecule has 0 saturated carbocycles. The van der Waals surface area contributed by atoms with Crippen molar-refractivity contribution in [1.29, 1.82) is 0 Å². The summed E-state index contributed by atoms with van der Waals surface area (Å²) < 4.78 is 5.40. The highest BCUT2D eigenvalue weighted by Crippen LogP contribution is 2.35. The third kappa shape index (κ3) is 3.78. The van der Waals surface area contributed by atoms with E-state index >= 15 is 0 Å². The van der Waals surface area contributed by atoms with Crippen LogP contribution in [-0.2, 0) is 4.79 Å². The van der Waals surface area contributed by atoms with E-state index in [0.29, 0.717) is 6.61 Å². The van der Waals surface area contributed by atoms with Crippen LogP contribution in [0.1, 0.15) is 17.7 Å². The number of ether oxygens (including phenoxy) is 1. The molecule has 20 heavy (non-hydrogen) atoms. The minimum Gasteiger partial charge on any atom is -0.494 e. The van der Waals surface area contributed by atoms with Gasteiger partial charge in [-0.15, -0.1) is 11.8 Å². The van der Waals surface area contributed by atoms with Gasteiger partial charge in [-0.1, -0.05) is 30.3 Å². The first-order valence-electron chi connectivity index (χ1n) is 6.44. The molecular formula is C16H17NO2S. The standard InChI is InChI=1S/C16H17NO2S/c1-2-19-13-8-10-14(11-9-13)20-15(16(17)18)12-6-4-3-5-7-12/h3-11,15H,2H2,1H3,(H2,17,18)/t15-/m1/s1. The van der Waals surface area contributed by atoms with Crippen molar-refractivity contribution in [3.63, 3.8) is 0 Å². The maximum Gasteiger partial charge on any atom is 0.235 e. The molecule has 0 aromatic heterocycles. The molecule has 0 spiro atoms. The van der Waals surface area contributed by atoms with Crippen molar-refractivity contribution >= 4 is 17.7 Å². The number of amides is 1. The van der Waals surface area contributed by atoms with Gasteiger partial charge in [-0.2, -0.15) is 0 Å². The predicted molar refractivity (Wildman–Crippen MR) is 81.8 cm³/mol. The second-order valence-electron chi connectivity index (χ2n) is 4.22. The molecule has 0 aliphatic carbocycles. The SMILES string of the molecule is CCOc1ccc(S[C@@H](C(N)=O)c2ccccc2)cc1. The number of thioether (sulfide) groups is 1. The Morgan fingerprint density at radius 2 is 1.80 bits per heavy atom. The lowest BCUT2D eigenvalue weighted by Gasteiger charge is -2.13. The lowest BCUT2D eigenvalue weighted by atomic mass is 10.1. The van der Waals surface area contributed by atoms with E-state index in [4.69, 9.17) is 10.5 Å². The van der Waals surface area contributed by atoms with E-state index in [1.54, 1.807) is 0 Å². The van der Waals surface area contributed by atoms with Gasteiger partial charge in [-0.05, 0) is 36.8 Å². The number of carbonyl (C=O) groups is 1. The first kappa shape index (κ1) is 14.5. The Kier molecular flexibility index (Phi) is 5.07. The number of benzene rings is 2. The zero-order valence-corrected chi connectivity index (χ0v) is 12.1. The Hall–Kier alpha value is -1.94. The van der Waals surface area contributed by atoms with E-state index in [-0.39, 0.29) is 11.2 Å². The van der Waals surface area contributed by atoms with E-state index in [1.807, 2.05) is 61.5 Å². The van der Waals surface area contributed by atoms with Gasteiger partial charge in [0.05, 0.1) is 6.61 Å². The van der Waals surface area contributed by atoms with Crippen LogP contribution in [0.3, 0.4) is 0 Å². The highest BCUT2D eigenvalue weighted by atomic mass is 32.2. The number of carbonyl (C=O) groups excluding carboxylic acids is 1. The largest absolute Gasteiger partial charge is 0.494 e. The number of nitrogens with two attached hydrogens (primary N) is 1.